The van der Waals surface area contributed by atoms with E-state index in [4.69, 9.17) is 0 Å². The van der Waals surface area contributed by atoms with Gasteiger partial charge in [-0.25, -0.2) is 0 Å². The van der Waals surface area contributed by atoms with Crippen molar-refractivity contribution >= 4 is 10.9 Å². The third kappa shape index (κ3) is 2.34. The summed E-state index contributed by atoms with van der Waals surface area (Å²) in [5, 5.41) is 12.1. The molecule has 1 saturated carbocycles. The molecule has 90 valence electrons. The Hall–Kier alpha value is -1.35. The van der Waals surface area contributed by atoms with Crippen LogP contribution in [0.4, 0.5) is 0 Å². The van der Waals surface area contributed by atoms with Gasteiger partial charge in [0.15, 0.2) is 0 Å². The Labute approximate surface area is 102 Å². The van der Waals surface area contributed by atoms with E-state index in [0.717, 1.165) is 6.54 Å². The molecule has 2 N–H and O–H groups in total. The molecule has 3 rings (SSSR count). The molecule has 0 amide bonds. The van der Waals surface area contributed by atoms with E-state index in [0.29, 0.717) is 6.04 Å². The topological polar surface area (TPSA) is 40.7 Å². The number of fused-ring (bicyclic) bond motifs is 1. The number of benzene rings is 1. The van der Waals surface area contributed by atoms with E-state index in [1.165, 1.54) is 48.6 Å². The molecular weight excluding hydrogens is 210 g/mol. The van der Waals surface area contributed by atoms with Crippen molar-refractivity contribution in [1.82, 2.24) is 15.5 Å². The van der Waals surface area contributed by atoms with Crippen molar-refractivity contribution in [2.24, 2.45) is 0 Å². The lowest BCUT2D eigenvalue weighted by atomic mass is 9.95. The Balaban J connectivity index is 1.69. The lowest BCUT2D eigenvalue weighted by Crippen LogP contribution is -2.30. The SMILES string of the molecule is c1cc(CNC2CCCCC2)c2[nH]ncc2c1. The molecule has 0 atom stereocenters. The molecule has 1 aromatic heterocycles. The second kappa shape index (κ2) is 4.88. The highest BCUT2D eigenvalue weighted by atomic mass is 15.1. The first-order valence-electron chi connectivity index (χ1n) is 6.58. The molecule has 1 aliphatic carbocycles. The molecule has 0 unspecified atom stereocenters. The smallest absolute Gasteiger partial charge is 0.0695 e. The summed E-state index contributed by atoms with van der Waals surface area (Å²) >= 11 is 0. The van der Waals surface area contributed by atoms with Crippen LogP contribution < -0.4 is 5.32 Å². The monoisotopic (exact) mass is 229 g/mol. The van der Waals surface area contributed by atoms with Crippen LogP contribution in [0, 0.1) is 0 Å². The zero-order chi connectivity index (χ0) is 11.5. The van der Waals surface area contributed by atoms with Crippen LogP contribution >= 0.6 is 0 Å². The van der Waals surface area contributed by atoms with Crippen molar-refractivity contribution in [2.75, 3.05) is 0 Å². The average molecular weight is 229 g/mol. The van der Waals surface area contributed by atoms with Crippen LogP contribution in [0.1, 0.15) is 37.7 Å². The average Bonchev–Trinajstić information content (AvgIpc) is 2.86. The first-order chi connectivity index (χ1) is 8.43. The van der Waals surface area contributed by atoms with Gasteiger partial charge in [0, 0.05) is 18.0 Å². The zero-order valence-corrected chi connectivity index (χ0v) is 10.1. The van der Waals surface area contributed by atoms with E-state index in [9.17, 15) is 0 Å². The van der Waals surface area contributed by atoms with Crippen LogP contribution in [0.15, 0.2) is 24.4 Å². The van der Waals surface area contributed by atoms with Crippen LogP contribution in [-0.4, -0.2) is 16.2 Å². The lowest BCUT2D eigenvalue weighted by molar-refractivity contribution is 0.372. The highest BCUT2D eigenvalue weighted by molar-refractivity contribution is 5.81. The van der Waals surface area contributed by atoms with Gasteiger partial charge < -0.3 is 5.32 Å². The van der Waals surface area contributed by atoms with E-state index in [1.54, 1.807) is 0 Å². The molecule has 0 spiro atoms. The fourth-order valence-corrected chi connectivity index (χ4v) is 2.74. The molecule has 3 heteroatoms. The first-order valence-corrected chi connectivity index (χ1v) is 6.58. The van der Waals surface area contributed by atoms with Gasteiger partial charge in [-0.15, -0.1) is 0 Å². The molecule has 0 radical (unpaired) electrons. The summed E-state index contributed by atoms with van der Waals surface area (Å²) in [7, 11) is 0. The minimum absolute atomic E-state index is 0.710. The lowest BCUT2D eigenvalue weighted by Gasteiger charge is -2.22. The number of aromatic nitrogens is 2. The molecule has 1 heterocycles. The van der Waals surface area contributed by atoms with Crippen molar-refractivity contribution < 1.29 is 0 Å². The Kier molecular flexibility index (Phi) is 3.10. The Morgan fingerprint density at radius 1 is 1.24 bits per heavy atom. The van der Waals surface area contributed by atoms with E-state index in [-0.39, 0.29) is 0 Å². The quantitative estimate of drug-likeness (QED) is 0.849. The minimum Gasteiger partial charge on any atom is -0.310 e. The molecule has 1 aliphatic rings. The van der Waals surface area contributed by atoms with Crippen LogP contribution in [0.3, 0.4) is 0 Å². The number of hydrogen-bond acceptors (Lipinski definition) is 2. The van der Waals surface area contributed by atoms with Crippen LogP contribution in [-0.2, 0) is 6.54 Å². The predicted molar refractivity (Wildman–Crippen MR) is 69.8 cm³/mol. The fourth-order valence-electron chi connectivity index (χ4n) is 2.74. The minimum atomic E-state index is 0.710. The van der Waals surface area contributed by atoms with E-state index in [2.05, 4.69) is 33.7 Å². The maximum atomic E-state index is 4.10. The summed E-state index contributed by atoms with van der Waals surface area (Å²) in [6, 6.07) is 7.09. The standard InChI is InChI=1S/C14H19N3/c1-2-7-13(8-3-1)15-9-11-5-4-6-12-10-16-17-14(11)12/h4-6,10,13,15H,1-3,7-9H2,(H,16,17). The molecule has 0 bridgehead atoms. The van der Waals surface area contributed by atoms with Gasteiger partial charge in [-0.3, -0.25) is 5.10 Å². The molecule has 1 fully saturated rings. The number of para-hydroxylation sites is 1. The van der Waals surface area contributed by atoms with Gasteiger partial charge in [0.2, 0.25) is 0 Å². The highest BCUT2D eigenvalue weighted by Gasteiger charge is 2.13. The summed E-state index contributed by atoms with van der Waals surface area (Å²) in [5.41, 5.74) is 2.50. The van der Waals surface area contributed by atoms with Crippen molar-refractivity contribution in [1.29, 1.82) is 0 Å². The van der Waals surface area contributed by atoms with Crippen molar-refractivity contribution in [3.05, 3.63) is 30.0 Å². The predicted octanol–water partition coefficient (Wildman–Crippen LogP) is 2.99. The van der Waals surface area contributed by atoms with Gasteiger partial charge in [0.1, 0.15) is 0 Å². The largest absolute Gasteiger partial charge is 0.310 e. The maximum absolute atomic E-state index is 4.10. The number of hydrogen-bond donors (Lipinski definition) is 2. The number of rotatable bonds is 3. The number of H-pyrrole nitrogens is 1. The third-order valence-corrected chi connectivity index (χ3v) is 3.75. The normalized spacial score (nSPS) is 17.6. The van der Waals surface area contributed by atoms with Crippen molar-refractivity contribution in [2.45, 2.75) is 44.7 Å². The molecule has 1 aromatic carbocycles. The van der Waals surface area contributed by atoms with Gasteiger partial charge in [-0.1, -0.05) is 37.5 Å². The van der Waals surface area contributed by atoms with Gasteiger partial charge in [0.25, 0.3) is 0 Å². The zero-order valence-electron chi connectivity index (χ0n) is 10.1. The molecule has 0 aliphatic heterocycles. The molecule has 17 heavy (non-hydrogen) atoms. The first kappa shape index (κ1) is 10.8. The van der Waals surface area contributed by atoms with Crippen LogP contribution in [0.25, 0.3) is 10.9 Å². The second-order valence-corrected chi connectivity index (χ2v) is 4.97. The number of nitrogens with zero attached hydrogens (tertiary/aromatic N) is 1. The summed E-state index contributed by atoms with van der Waals surface area (Å²) in [5.74, 6) is 0. The van der Waals surface area contributed by atoms with Gasteiger partial charge >= 0.3 is 0 Å². The Morgan fingerprint density at radius 3 is 3.00 bits per heavy atom. The Morgan fingerprint density at radius 2 is 2.12 bits per heavy atom. The summed E-state index contributed by atoms with van der Waals surface area (Å²) in [6.07, 6.45) is 8.73. The van der Waals surface area contributed by atoms with Crippen molar-refractivity contribution in [3.8, 4) is 0 Å². The fraction of sp³-hybridized carbons (Fsp3) is 0.500. The number of nitrogens with one attached hydrogen (secondary N) is 2. The highest BCUT2D eigenvalue weighted by Crippen LogP contribution is 2.19. The Bertz CT molecular complexity index is 483. The summed E-state index contributed by atoms with van der Waals surface area (Å²) in [4.78, 5) is 0. The van der Waals surface area contributed by atoms with E-state index in [1.807, 2.05) is 6.20 Å². The second-order valence-electron chi connectivity index (χ2n) is 4.97. The maximum Gasteiger partial charge on any atom is 0.0695 e. The summed E-state index contributed by atoms with van der Waals surface area (Å²) < 4.78 is 0. The molecule has 0 saturated heterocycles. The third-order valence-electron chi connectivity index (χ3n) is 3.75. The van der Waals surface area contributed by atoms with Gasteiger partial charge in [-0.2, -0.15) is 5.10 Å². The summed E-state index contributed by atoms with van der Waals surface area (Å²) in [6.45, 7) is 0.949. The van der Waals surface area contributed by atoms with E-state index < -0.39 is 0 Å². The van der Waals surface area contributed by atoms with Crippen molar-refractivity contribution in [3.63, 3.8) is 0 Å². The number of aromatic amines is 1. The van der Waals surface area contributed by atoms with Crippen LogP contribution in [0.5, 0.6) is 0 Å². The van der Waals surface area contributed by atoms with Crippen LogP contribution in [0.2, 0.25) is 0 Å². The molecular formula is C14H19N3. The molecule has 2 aromatic rings. The van der Waals surface area contributed by atoms with E-state index >= 15 is 0 Å². The van der Waals surface area contributed by atoms with Gasteiger partial charge in [0.05, 0.1) is 11.7 Å². The molecule has 3 nitrogen and oxygen atoms in total. The van der Waals surface area contributed by atoms with Gasteiger partial charge in [-0.05, 0) is 18.4 Å².